The highest BCUT2D eigenvalue weighted by Crippen LogP contribution is 2.17. The van der Waals surface area contributed by atoms with Gasteiger partial charge in [0.15, 0.2) is 0 Å². The maximum Gasteiger partial charge on any atom is 0.306 e. The van der Waals surface area contributed by atoms with Gasteiger partial charge in [-0.05, 0) is 18.1 Å². The Kier molecular flexibility index (Phi) is 5.49. The number of halogens is 1. The van der Waals surface area contributed by atoms with Gasteiger partial charge in [0, 0.05) is 19.0 Å². The summed E-state index contributed by atoms with van der Waals surface area (Å²) in [4.78, 5) is 24.8. The van der Waals surface area contributed by atoms with E-state index in [1.165, 1.54) is 6.07 Å². The van der Waals surface area contributed by atoms with Crippen LogP contribution in [0, 0.1) is 11.7 Å². The van der Waals surface area contributed by atoms with Crippen LogP contribution in [0.2, 0.25) is 0 Å². The number of rotatable bonds is 5. The standard InChI is InChI=1S/C16H20FNO4/c1-11(8-12-4-2-3-5-14(12)17)16(21)18-6-7-22-13(10-18)9-15(19)20/h2-5,11,13H,6-10H2,1H3,(H,19,20)/t11-,13+/m1/s1. The first-order valence-electron chi connectivity index (χ1n) is 7.33. The molecule has 2 rings (SSSR count). The lowest BCUT2D eigenvalue weighted by atomic mass is 9.99. The Morgan fingerprint density at radius 2 is 2.18 bits per heavy atom. The van der Waals surface area contributed by atoms with Crippen LogP contribution in [-0.4, -0.2) is 47.7 Å². The summed E-state index contributed by atoms with van der Waals surface area (Å²) in [7, 11) is 0. The fourth-order valence-corrected chi connectivity index (χ4v) is 2.63. The molecule has 22 heavy (non-hydrogen) atoms. The molecule has 120 valence electrons. The van der Waals surface area contributed by atoms with Gasteiger partial charge in [-0.2, -0.15) is 0 Å². The first-order valence-corrected chi connectivity index (χ1v) is 7.33. The first-order chi connectivity index (χ1) is 10.5. The number of hydrogen-bond acceptors (Lipinski definition) is 3. The van der Waals surface area contributed by atoms with E-state index in [4.69, 9.17) is 9.84 Å². The zero-order chi connectivity index (χ0) is 16.1. The molecular formula is C16H20FNO4. The normalized spacial score (nSPS) is 19.7. The zero-order valence-corrected chi connectivity index (χ0v) is 12.5. The summed E-state index contributed by atoms with van der Waals surface area (Å²) in [5.41, 5.74) is 0.513. The van der Waals surface area contributed by atoms with Crippen molar-refractivity contribution in [1.82, 2.24) is 4.90 Å². The van der Waals surface area contributed by atoms with Gasteiger partial charge in [-0.1, -0.05) is 25.1 Å². The second-order valence-electron chi connectivity index (χ2n) is 5.57. The van der Waals surface area contributed by atoms with Crippen LogP contribution in [-0.2, 0) is 20.7 Å². The molecule has 1 aromatic carbocycles. The smallest absolute Gasteiger partial charge is 0.306 e. The molecule has 0 spiro atoms. The predicted octanol–water partition coefficient (Wildman–Crippen LogP) is 1.71. The van der Waals surface area contributed by atoms with E-state index >= 15 is 0 Å². The molecule has 1 saturated heterocycles. The summed E-state index contributed by atoms with van der Waals surface area (Å²) in [5.74, 6) is -1.71. The number of amides is 1. The lowest BCUT2D eigenvalue weighted by molar-refractivity contribution is -0.149. The number of benzene rings is 1. The topological polar surface area (TPSA) is 66.8 Å². The van der Waals surface area contributed by atoms with Crippen molar-refractivity contribution in [3.05, 3.63) is 35.6 Å². The van der Waals surface area contributed by atoms with Gasteiger partial charge >= 0.3 is 5.97 Å². The minimum atomic E-state index is -0.946. The number of ether oxygens (including phenoxy) is 1. The molecule has 0 saturated carbocycles. The van der Waals surface area contributed by atoms with Gasteiger partial charge in [-0.15, -0.1) is 0 Å². The fraction of sp³-hybridized carbons (Fsp3) is 0.500. The highest BCUT2D eigenvalue weighted by molar-refractivity contribution is 5.79. The number of hydrogen-bond donors (Lipinski definition) is 1. The summed E-state index contributed by atoms with van der Waals surface area (Å²) in [6.07, 6.45) is -0.270. The molecule has 1 aliphatic rings. The Morgan fingerprint density at radius 1 is 1.45 bits per heavy atom. The van der Waals surface area contributed by atoms with Gasteiger partial charge in [-0.25, -0.2) is 4.39 Å². The summed E-state index contributed by atoms with van der Waals surface area (Å²) in [6.45, 7) is 2.80. The highest BCUT2D eigenvalue weighted by Gasteiger charge is 2.28. The minimum Gasteiger partial charge on any atom is -0.481 e. The van der Waals surface area contributed by atoms with Crippen molar-refractivity contribution in [2.45, 2.75) is 25.9 Å². The lowest BCUT2D eigenvalue weighted by Crippen LogP contribution is -2.48. The van der Waals surface area contributed by atoms with Crippen LogP contribution >= 0.6 is 0 Å². The number of aliphatic carboxylic acids is 1. The van der Waals surface area contributed by atoms with E-state index < -0.39 is 12.1 Å². The summed E-state index contributed by atoms with van der Waals surface area (Å²) < 4.78 is 19.0. The number of carboxylic acids is 1. The van der Waals surface area contributed by atoms with Crippen molar-refractivity contribution in [2.24, 2.45) is 5.92 Å². The van der Waals surface area contributed by atoms with Crippen LogP contribution < -0.4 is 0 Å². The second kappa shape index (κ2) is 7.35. The minimum absolute atomic E-state index is 0.0954. The molecule has 0 radical (unpaired) electrons. The number of carbonyl (C=O) groups excluding carboxylic acids is 1. The Bertz CT molecular complexity index is 549. The van der Waals surface area contributed by atoms with Crippen molar-refractivity contribution in [3.8, 4) is 0 Å². The van der Waals surface area contributed by atoms with E-state index in [1.54, 1.807) is 30.0 Å². The predicted molar refractivity (Wildman–Crippen MR) is 77.8 cm³/mol. The van der Waals surface area contributed by atoms with E-state index in [-0.39, 0.29) is 30.6 Å². The van der Waals surface area contributed by atoms with E-state index in [9.17, 15) is 14.0 Å². The summed E-state index contributed by atoms with van der Waals surface area (Å²) in [5, 5.41) is 8.80. The largest absolute Gasteiger partial charge is 0.481 e. The van der Waals surface area contributed by atoms with Crippen molar-refractivity contribution in [3.63, 3.8) is 0 Å². The highest BCUT2D eigenvalue weighted by atomic mass is 19.1. The molecule has 5 nitrogen and oxygen atoms in total. The molecule has 1 heterocycles. The first kappa shape index (κ1) is 16.4. The molecule has 1 N–H and O–H groups in total. The van der Waals surface area contributed by atoms with E-state index in [2.05, 4.69) is 0 Å². The second-order valence-corrected chi connectivity index (χ2v) is 5.57. The van der Waals surface area contributed by atoms with Crippen molar-refractivity contribution >= 4 is 11.9 Å². The van der Waals surface area contributed by atoms with Gasteiger partial charge in [0.05, 0.1) is 19.1 Å². The van der Waals surface area contributed by atoms with Crippen LogP contribution in [0.5, 0.6) is 0 Å². The Hall–Kier alpha value is -1.95. The Morgan fingerprint density at radius 3 is 2.86 bits per heavy atom. The van der Waals surface area contributed by atoms with Gasteiger partial charge < -0.3 is 14.7 Å². The van der Waals surface area contributed by atoms with Crippen LogP contribution in [0.4, 0.5) is 4.39 Å². The van der Waals surface area contributed by atoms with Crippen LogP contribution in [0.15, 0.2) is 24.3 Å². The monoisotopic (exact) mass is 309 g/mol. The number of carboxylic acid groups (broad SMARTS) is 1. The molecule has 6 heteroatoms. The molecule has 0 bridgehead atoms. The molecule has 1 amide bonds. The Balaban J connectivity index is 1.95. The van der Waals surface area contributed by atoms with Crippen LogP contribution in [0.3, 0.4) is 0 Å². The summed E-state index contributed by atoms with van der Waals surface area (Å²) >= 11 is 0. The SMILES string of the molecule is C[C@H](Cc1ccccc1F)C(=O)N1CCO[C@@H](CC(=O)O)C1. The zero-order valence-electron chi connectivity index (χ0n) is 12.5. The number of nitrogens with zero attached hydrogens (tertiary/aromatic N) is 1. The molecule has 1 aromatic rings. The van der Waals surface area contributed by atoms with Crippen molar-refractivity contribution in [2.75, 3.05) is 19.7 Å². The van der Waals surface area contributed by atoms with Crippen molar-refractivity contribution < 1.29 is 23.8 Å². The van der Waals surface area contributed by atoms with Crippen molar-refractivity contribution in [1.29, 1.82) is 0 Å². The van der Waals surface area contributed by atoms with E-state index in [1.807, 2.05) is 0 Å². The molecule has 1 aliphatic heterocycles. The number of morpholine rings is 1. The maximum atomic E-state index is 13.7. The van der Waals surface area contributed by atoms with Crippen LogP contribution in [0.25, 0.3) is 0 Å². The summed E-state index contributed by atoms with van der Waals surface area (Å²) in [6, 6.07) is 6.41. The average molecular weight is 309 g/mol. The third kappa shape index (κ3) is 4.27. The van der Waals surface area contributed by atoms with Gasteiger partial charge in [0.1, 0.15) is 5.82 Å². The molecule has 0 unspecified atom stereocenters. The van der Waals surface area contributed by atoms with Gasteiger partial charge in [-0.3, -0.25) is 9.59 Å². The Labute approximate surface area is 128 Å². The third-order valence-electron chi connectivity index (χ3n) is 3.76. The van der Waals surface area contributed by atoms with Crippen LogP contribution in [0.1, 0.15) is 18.9 Å². The van der Waals surface area contributed by atoms with Gasteiger partial charge in [0.2, 0.25) is 5.91 Å². The van der Waals surface area contributed by atoms with Gasteiger partial charge in [0.25, 0.3) is 0 Å². The average Bonchev–Trinajstić information content (AvgIpc) is 2.48. The quantitative estimate of drug-likeness (QED) is 0.899. The van der Waals surface area contributed by atoms with E-state index in [0.29, 0.717) is 25.1 Å². The molecule has 0 aromatic heterocycles. The maximum absolute atomic E-state index is 13.7. The molecule has 1 fully saturated rings. The fourth-order valence-electron chi connectivity index (χ4n) is 2.63. The molecule has 2 atom stereocenters. The molecule has 0 aliphatic carbocycles. The third-order valence-corrected chi connectivity index (χ3v) is 3.76. The lowest BCUT2D eigenvalue weighted by Gasteiger charge is -2.34. The number of carbonyl (C=O) groups is 2. The molecular weight excluding hydrogens is 289 g/mol. The van der Waals surface area contributed by atoms with E-state index in [0.717, 1.165) is 0 Å².